The summed E-state index contributed by atoms with van der Waals surface area (Å²) in [6.07, 6.45) is 8.25. The molecular formula is C18H35IN4O2. The van der Waals surface area contributed by atoms with E-state index in [1.54, 1.807) is 19.0 Å². The third-order valence-electron chi connectivity index (χ3n) is 4.90. The summed E-state index contributed by atoms with van der Waals surface area (Å²) >= 11 is 0. The van der Waals surface area contributed by atoms with Gasteiger partial charge in [0.2, 0.25) is 5.91 Å². The molecule has 2 rings (SSSR count). The second-order valence-corrected chi connectivity index (χ2v) is 7.68. The lowest BCUT2D eigenvalue weighted by molar-refractivity contribution is -0.127. The van der Waals surface area contributed by atoms with Gasteiger partial charge in [0.1, 0.15) is 6.54 Å². The summed E-state index contributed by atoms with van der Waals surface area (Å²) in [6.45, 7) is 5.14. The van der Waals surface area contributed by atoms with Crippen molar-refractivity contribution in [3.05, 3.63) is 0 Å². The first-order chi connectivity index (χ1) is 11.4. The largest absolute Gasteiger partial charge is 0.375 e. The number of likely N-dealkylation sites (N-methyl/N-ethyl adjacent to an activating group) is 1. The van der Waals surface area contributed by atoms with Crippen LogP contribution in [0.2, 0.25) is 0 Å². The van der Waals surface area contributed by atoms with Gasteiger partial charge in [0.15, 0.2) is 5.96 Å². The zero-order chi connectivity index (χ0) is 17.6. The highest BCUT2D eigenvalue weighted by molar-refractivity contribution is 14.0. The second kappa shape index (κ2) is 10.5. The highest BCUT2D eigenvalue weighted by Crippen LogP contribution is 2.38. The minimum absolute atomic E-state index is 0. The van der Waals surface area contributed by atoms with Gasteiger partial charge < -0.3 is 20.3 Å². The number of rotatable bonds is 4. The fourth-order valence-electron chi connectivity index (χ4n) is 3.58. The van der Waals surface area contributed by atoms with Crippen LogP contribution in [0.5, 0.6) is 0 Å². The molecule has 7 heteroatoms. The van der Waals surface area contributed by atoms with E-state index >= 15 is 0 Å². The number of amides is 1. The Labute approximate surface area is 169 Å². The number of guanidine groups is 1. The molecule has 1 atom stereocenters. The molecule has 2 N–H and O–H groups in total. The molecule has 1 unspecified atom stereocenters. The molecule has 1 heterocycles. The van der Waals surface area contributed by atoms with E-state index in [0.29, 0.717) is 6.04 Å². The van der Waals surface area contributed by atoms with Crippen molar-refractivity contribution in [3.63, 3.8) is 0 Å². The van der Waals surface area contributed by atoms with Gasteiger partial charge in [-0.25, -0.2) is 4.99 Å². The van der Waals surface area contributed by atoms with Gasteiger partial charge in [-0.2, -0.15) is 0 Å². The van der Waals surface area contributed by atoms with E-state index in [4.69, 9.17) is 4.74 Å². The predicted octanol–water partition coefficient (Wildman–Crippen LogP) is 2.52. The maximum atomic E-state index is 11.8. The third-order valence-corrected chi connectivity index (χ3v) is 4.90. The third kappa shape index (κ3) is 7.29. The first-order valence-corrected chi connectivity index (χ1v) is 9.32. The smallest absolute Gasteiger partial charge is 0.243 e. The Balaban J connectivity index is 0.00000312. The van der Waals surface area contributed by atoms with E-state index in [0.717, 1.165) is 25.4 Å². The molecule has 146 valence electrons. The van der Waals surface area contributed by atoms with Crippen LogP contribution < -0.4 is 10.6 Å². The van der Waals surface area contributed by atoms with Gasteiger partial charge >= 0.3 is 0 Å². The number of nitrogens with one attached hydrogen (secondary N) is 2. The van der Waals surface area contributed by atoms with Gasteiger partial charge in [-0.15, -0.1) is 24.0 Å². The lowest BCUT2D eigenvalue weighted by atomic mass is 9.78. The Morgan fingerprint density at radius 2 is 1.96 bits per heavy atom. The normalized spacial score (nSPS) is 23.1. The van der Waals surface area contributed by atoms with E-state index in [1.165, 1.54) is 32.1 Å². The molecule has 0 aromatic carbocycles. The molecule has 1 aliphatic carbocycles. The molecular weight excluding hydrogens is 431 g/mol. The van der Waals surface area contributed by atoms with Crippen LogP contribution in [-0.2, 0) is 9.53 Å². The first-order valence-electron chi connectivity index (χ1n) is 9.32. The van der Waals surface area contributed by atoms with Gasteiger partial charge in [-0.05, 0) is 39.5 Å². The number of hydrogen-bond acceptors (Lipinski definition) is 3. The van der Waals surface area contributed by atoms with Crippen LogP contribution in [0.3, 0.4) is 0 Å². The summed E-state index contributed by atoms with van der Waals surface area (Å²) in [4.78, 5) is 17.9. The summed E-state index contributed by atoms with van der Waals surface area (Å²) in [6, 6.07) is 0.630. The second-order valence-electron chi connectivity index (χ2n) is 7.68. The molecule has 0 aromatic heterocycles. The van der Waals surface area contributed by atoms with Crippen molar-refractivity contribution in [1.82, 2.24) is 15.5 Å². The average molecular weight is 466 g/mol. The highest BCUT2D eigenvalue weighted by Gasteiger charge is 2.38. The van der Waals surface area contributed by atoms with Crippen molar-refractivity contribution in [1.29, 1.82) is 0 Å². The average Bonchev–Trinajstić information content (AvgIpc) is 2.52. The summed E-state index contributed by atoms with van der Waals surface area (Å²) in [5.41, 5.74) is 0.0660. The number of carbonyl (C=O) groups excluding carboxylic acids is 1. The van der Waals surface area contributed by atoms with Crippen LogP contribution in [0, 0.1) is 0 Å². The molecule has 0 aromatic rings. The van der Waals surface area contributed by atoms with Crippen molar-refractivity contribution in [3.8, 4) is 0 Å². The molecule has 6 nitrogen and oxygen atoms in total. The molecule has 1 amide bonds. The van der Waals surface area contributed by atoms with E-state index in [9.17, 15) is 4.79 Å². The quantitative estimate of drug-likeness (QED) is 0.380. The fourth-order valence-corrected chi connectivity index (χ4v) is 3.58. The van der Waals surface area contributed by atoms with Crippen LogP contribution in [0.25, 0.3) is 0 Å². The molecule has 0 radical (unpaired) electrons. The Morgan fingerprint density at radius 3 is 2.56 bits per heavy atom. The molecule has 1 aliphatic heterocycles. The Morgan fingerprint density at radius 1 is 1.28 bits per heavy atom. The van der Waals surface area contributed by atoms with Gasteiger partial charge in [0, 0.05) is 32.8 Å². The van der Waals surface area contributed by atoms with E-state index in [-0.39, 0.29) is 48.1 Å². The lowest BCUT2D eigenvalue weighted by Gasteiger charge is -2.44. The van der Waals surface area contributed by atoms with Crippen LogP contribution >= 0.6 is 24.0 Å². The molecule has 25 heavy (non-hydrogen) atoms. The lowest BCUT2D eigenvalue weighted by Crippen LogP contribution is -2.53. The first kappa shape index (κ1) is 22.5. The van der Waals surface area contributed by atoms with E-state index in [1.807, 2.05) is 0 Å². The fraction of sp³-hybridized carbons (Fsp3) is 0.889. The van der Waals surface area contributed by atoms with Gasteiger partial charge in [-0.3, -0.25) is 4.79 Å². The SMILES string of the molecule is CC(C)NC(=NCC(=O)N(C)C)NC1CCOC2(CCCCC2)C1.I. The van der Waals surface area contributed by atoms with Gasteiger partial charge in [0.25, 0.3) is 0 Å². The number of hydrogen-bond donors (Lipinski definition) is 2. The number of aliphatic imine (C=N–C) groups is 1. The van der Waals surface area contributed by atoms with Crippen molar-refractivity contribution in [2.24, 2.45) is 4.99 Å². The highest BCUT2D eigenvalue weighted by atomic mass is 127. The van der Waals surface area contributed by atoms with Crippen LogP contribution in [0.15, 0.2) is 4.99 Å². The van der Waals surface area contributed by atoms with E-state index < -0.39 is 0 Å². The Bertz CT molecular complexity index is 443. The van der Waals surface area contributed by atoms with Crippen molar-refractivity contribution in [2.75, 3.05) is 27.2 Å². The zero-order valence-electron chi connectivity index (χ0n) is 16.1. The van der Waals surface area contributed by atoms with Gasteiger partial charge in [0.05, 0.1) is 5.60 Å². The van der Waals surface area contributed by atoms with Crippen molar-refractivity contribution in [2.45, 2.75) is 76.5 Å². The zero-order valence-corrected chi connectivity index (χ0v) is 18.5. The maximum Gasteiger partial charge on any atom is 0.243 e. The predicted molar refractivity (Wildman–Crippen MR) is 113 cm³/mol. The van der Waals surface area contributed by atoms with Crippen LogP contribution in [0.4, 0.5) is 0 Å². The molecule has 1 spiro atoms. The number of ether oxygens (including phenoxy) is 1. The molecule has 1 saturated carbocycles. The molecule has 2 aliphatic rings. The minimum atomic E-state index is 0. The number of carbonyl (C=O) groups is 1. The maximum absolute atomic E-state index is 11.8. The monoisotopic (exact) mass is 466 g/mol. The number of halogens is 1. The Kier molecular flexibility index (Phi) is 9.48. The summed E-state index contributed by atoms with van der Waals surface area (Å²) in [7, 11) is 3.51. The number of nitrogens with zero attached hydrogens (tertiary/aromatic N) is 2. The molecule has 1 saturated heterocycles. The van der Waals surface area contributed by atoms with Crippen molar-refractivity contribution >= 4 is 35.8 Å². The topological polar surface area (TPSA) is 66.0 Å². The molecule has 0 bridgehead atoms. The summed E-state index contributed by atoms with van der Waals surface area (Å²) in [5.74, 6) is 0.744. The standard InChI is InChI=1S/C18H34N4O2.HI/c1-14(2)20-17(19-13-16(23)22(3)4)21-15-8-11-24-18(12-15)9-6-5-7-10-18;/h14-15H,5-13H2,1-4H3,(H2,19,20,21);1H. The van der Waals surface area contributed by atoms with Crippen LogP contribution in [-0.4, -0.2) is 61.7 Å². The van der Waals surface area contributed by atoms with E-state index in [2.05, 4.69) is 29.5 Å². The minimum Gasteiger partial charge on any atom is -0.375 e. The van der Waals surface area contributed by atoms with Crippen LogP contribution in [0.1, 0.15) is 58.8 Å². The molecule has 2 fully saturated rings. The van der Waals surface area contributed by atoms with Gasteiger partial charge in [-0.1, -0.05) is 19.3 Å². The summed E-state index contributed by atoms with van der Waals surface area (Å²) in [5, 5.41) is 6.88. The Hall–Kier alpha value is -0.570. The van der Waals surface area contributed by atoms with Crippen molar-refractivity contribution < 1.29 is 9.53 Å². The summed E-state index contributed by atoms with van der Waals surface area (Å²) < 4.78 is 6.17.